The van der Waals surface area contributed by atoms with Crippen molar-refractivity contribution in [3.63, 3.8) is 0 Å². The van der Waals surface area contributed by atoms with E-state index >= 15 is 0 Å². The van der Waals surface area contributed by atoms with Crippen LogP contribution in [-0.2, 0) is 16.6 Å². The van der Waals surface area contributed by atoms with Crippen molar-refractivity contribution in [2.45, 2.75) is 43.5 Å². The van der Waals surface area contributed by atoms with E-state index in [0.29, 0.717) is 23.0 Å². The topological polar surface area (TPSA) is 72.2 Å². The first-order chi connectivity index (χ1) is 9.53. The number of hydrogen-bond acceptors (Lipinski definition) is 3. The molecule has 0 radical (unpaired) electrons. The minimum atomic E-state index is -3.47. The third kappa shape index (κ3) is 3.95. The van der Waals surface area contributed by atoms with Gasteiger partial charge in [-0.15, -0.1) is 0 Å². The van der Waals surface area contributed by atoms with Gasteiger partial charge in [0.15, 0.2) is 0 Å². The summed E-state index contributed by atoms with van der Waals surface area (Å²) in [5.74, 6) is 0.669. The van der Waals surface area contributed by atoms with Gasteiger partial charge in [0.05, 0.1) is 4.90 Å². The molecule has 0 aromatic heterocycles. The molecular weight excluding hydrogens is 296 g/mol. The number of hydrogen-bond donors (Lipinski definition) is 2. The van der Waals surface area contributed by atoms with E-state index in [9.17, 15) is 8.42 Å². The van der Waals surface area contributed by atoms with Crippen molar-refractivity contribution in [3.05, 3.63) is 28.8 Å². The molecule has 1 aliphatic rings. The van der Waals surface area contributed by atoms with Gasteiger partial charge in [0, 0.05) is 18.1 Å². The number of rotatable bonds is 6. The minimum Gasteiger partial charge on any atom is -0.326 e. The van der Waals surface area contributed by atoms with Crippen LogP contribution in [0.25, 0.3) is 0 Å². The van der Waals surface area contributed by atoms with Crippen molar-refractivity contribution in [2.24, 2.45) is 11.7 Å². The van der Waals surface area contributed by atoms with Crippen molar-refractivity contribution in [1.82, 2.24) is 4.72 Å². The van der Waals surface area contributed by atoms with Crippen LogP contribution in [0.2, 0.25) is 5.02 Å². The predicted molar refractivity (Wildman–Crippen MR) is 81.1 cm³/mol. The van der Waals surface area contributed by atoms with Crippen LogP contribution in [-0.4, -0.2) is 15.0 Å². The first kappa shape index (κ1) is 15.8. The normalized spacial score (nSPS) is 16.7. The fourth-order valence-electron chi connectivity index (χ4n) is 2.65. The summed E-state index contributed by atoms with van der Waals surface area (Å²) >= 11 is 5.94. The third-order valence-corrected chi connectivity index (χ3v) is 5.69. The van der Waals surface area contributed by atoms with Gasteiger partial charge in [0.2, 0.25) is 10.0 Å². The summed E-state index contributed by atoms with van der Waals surface area (Å²) in [6, 6.07) is 4.63. The molecule has 0 amide bonds. The summed E-state index contributed by atoms with van der Waals surface area (Å²) in [4.78, 5) is 0.230. The lowest BCUT2D eigenvalue weighted by atomic mass is 10.1. The van der Waals surface area contributed by atoms with E-state index in [0.717, 1.165) is 6.42 Å². The first-order valence-corrected chi connectivity index (χ1v) is 8.87. The average Bonchev–Trinajstić information content (AvgIpc) is 2.92. The molecule has 1 saturated carbocycles. The lowest BCUT2D eigenvalue weighted by Crippen LogP contribution is -2.26. The van der Waals surface area contributed by atoms with Gasteiger partial charge in [-0.3, -0.25) is 0 Å². The highest BCUT2D eigenvalue weighted by Crippen LogP contribution is 2.27. The molecule has 1 fully saturated rings. The maximum atomic E-state index is 12.2. The molecule has 0 unspecified atom stereocenters. The average molecular weight is 317 g/mol. The van der Waals surface area contributed by atoms with Gasteiger partial charge in [0.25, 0.3) is 0 Å². The molecule has 0 bridgehead atoms. The molecule has 6 heteroatoms. The Labute approximate surface area is 125 Å². The van der Waals surface area contributed by atoms with Gasteiger partial charge in [-0.25, -0.2) is 13.1 Å². The molecule has 1 aromatic rings. The van der Waals surface area contributed by atoms with Gasteiger partial charge in [-0.1, -0.05) is 37.3 Å². The van der Waals surface area contributed by atoms with Gasteiger partial charge in [0.1, 0.15) is 0 Å². The highest BCUT2D eigenvalue weighted by Gasteiger charge is 2.18. The zero-order chi connectivity index (χ0) is 14.6. The van der Waals surface area contributed by atoms with E-state index in [4.69, 9.17) is 17.3 Å². The monoisotopic (exact) mass is 316 g/mol. The van der Waals surface area contributed by atoms with Crippen LogP contribution in [0.3, 0.4) is 0 Å². The van der Waals surface area contributed by atoms with Crippen LogP contribution in [0.4, 0.5) is 0 Å². The lowest BCUT2D eigenvalue weighted by molar-refractivity contribution is 0.495. The molecule has 20 heavy (non-hydrogen) atoms. The largest absolute Gasteiger partial charge is 0.326 e. The molecular formula is C14H21ClN2O2S. The third-order valence-electron chi connectivity index (χ3n) is 3.87. The van der Waals surface area contributed by atoms with E-state index in [2.05, 4.69) is 4.72 Å². The van der Waals surface area contributed by atoms with Crippen molar-refractivity contribution >= 4 is 21.6 Å². The van der Waals surface area contributed by atoms with E-state index < -0.39 is 10.0 Å². The Hall–Kier alpha value is -0.620. The quantitative estimate of drug-likeness (QED) is 0.847. The predicted octanol–water partition coefficient (Wildman–Crippen LogP) is 2.66. The van der Waals surface area contributed by atoms with Crippen LogP contribution in [0.1, 0.15) is 37.7 Å². The maximum Gasteiger partial charge on any atom is 0.240 e. The van der Waals surface area contributed by atoms with Crippen molar-refractivity contribution in [2.75, 3.05) is 6.54 Å². The van der Waals surface area contributed by atoms with Gasteiger partial charge in [-0.2, -0.15) is 0 Å². The van der Waals surface area contributed by atoms with Crippen LogP contribution < -0.4 is 10.5 Å². The first-order valence-electron chi connectivity index (χ1n) is 7.01. The highest BCUT2D eigenvalue weighted by molar-refractivity contribution is 7.89. The molecule has 112 valence electrons. The number of sulfonamides is 1. The number of benzene rings is 1. The molecule has 3 N–H and O–H groups in total. The Kier molecular flexibility index (Phi) is 5.43. The summed E-state index contributed by atoms with van der Waals surface area (Å²) in [6.07, 6.45) is 5.90. The SMILES string of the molecule is NCc1cc(S(=O)(=O)NCCC2CCCC2)ccc1Cl. The molecule has 0 aliphatic heterocycles. The van der Waals surface area contributed by atoms with E-state index in [1.165, 1.54) is 31.7 Å². The molecule has 1 aliphatic carbocycles. The summed E-state index contributed by atoms with van der Waals surface area (Å²) in [7, 11) is -3.47. The Morgan fingerprint density at radius 2 is 2.00 bits per heavy atom. The zero-order valence-electron chi connectivity index (χ0n) is 11.4. The maximum absolute atomic E-state index is 12.2. The fourth-order valence-corrected chi connectivity index (χ4v) is 3.95. The second kappa shape index (κ2) is 6.89. The van der Waals surface area contributed by atoms with E-state index in [1.807, 2.05) is 0 Å². The summed E-state index contributed by atoms with van der Waals surface area (Å²) in [5.41, 5.74) is 6.19. The standard InChI is InChI=1S/C14H21ClN2O2S/c15-14-6-5-13(9-12(14)10-16)20(18,19)17-8-7-11-3-1-2-4-11/h5-6,9,11,17H,1-4,7-8,10,16H2. The van der Waals surface area contributed by atoms with Crippen LogP contribution in [0.15, 0.2) is 23.1 Å². The number of nitrogens with one attached hydrogen (secondary N) is 1. The molecule has 0 spiro atoms. The molecule has 0 saturated heterocycles. The van der Waals surface area contributed by atoms with Crippen LogP contribution in [0, 0.1) is 5.92 Å². The Balaban J connectivity index is 1.98. The van der Waals surface area contributed by atoms with Crippen LogP contribution in [0.5, 0.6) is 0 Å². The fraction of sp³-hybridized carbons (Fsp3) is 0.571. The smallest absolute Gasteiger partial charge is 0.240 e. The Morgan fingerprint density at radius 1 is 1.30 bits per heavy atom. The number of nitrogens with two attached hydrogens (primary N) is 1. The highest BCUT2D eigenvalue weighted by atomic mass is 35.5. The molecule has 0 atom stereocenters. The van der Waals surface area contributed by atoms with Gasteiger partial charge in [-0.05, 0) is 36.1 Å². The van der Waals surface area contributed by atoms with Gasteiger partial charge < -0.3 is 5.73 Å². The molecule has 2 rings (SSSR count). The van der Waals surface area contributed by atoms with E-state index in [1.54, 1.807) is 12.1 Å². The Morgan fingerprint density at radius 3 is 2.65 bits per heavy atom. The van der Waals surface area contributed by atoms with E-state index in [-0.39, 0.29) is 11.4 Å². The second-order valence-corrected chi connectivity index (χ2v) is 7.47. The Bertz CT molecular complexity index is 554. The second-order valence-electron chi connectivity index (χ2n) is 5.29. The van der Waals surface area contributed by atoms with Crippen LogP contribution >= 0.6 is 11.6 Å². The summed E-state index contributed by atoms with van der Waals surface area (Å²) < 4.78 is 27.0. The van der Waals surface area contributed by atoms with Crippen molar-refractivity contribution < 1.29 is 8.42 Å². The summed E-state index contributed by atoms with van der Waals surface area (Å²) in [5, 5.41) is 0.498. The van der Waals surface area contributed by atoms with Crippen molar-refractivity contribution in [3.8, 4) is 0 Å². The lowest BCUT2D eigenvalue weighted by Gasteiger charge is -2.11. The summed E-state index contributed by atoms with van der Waals surface area (Å²) in [6.45, 7) is 0.720. The van der Waals surface area contributed by atoms with Crippen molar-refractivity contribution in [1.29, 1.82) is 0 Å². The zero-order valence-corrected chi connectivity index (χ0v) is 13.0. The molecule has 0 heterocycles. The number of halogens is 1. The minimum absolute atomic E-state index is 0.226. The van der Waals surface area contributed by atoms with Gasteiger partial charge >= 0.3 is 0 Å². The molecule has 1 aromatic carbocycles. The molecule has 4 nitrogen and oxygen atoms in total.